The average molecular weight is 301 g/mol. The summed E-state index contributed by atoms with van der Waals surface area (Å²) in [4.78, 5) is 19.4. The summed E-state index contributed by atoms with van der Waals surface area (Å²) in [5.41, 5.74) is 0.562. The molecule has 0 spiro atoms. The van der Waals surface area contributed by atoms with Crippen LogP contribution in [0.3, 0.4) is 0 Å². The number of carbonyl (C=O) groups is 1. The van der Waals surface area contributed by atoms with Crippen molar-refractivity contribution >= 4 is 11.7 Å². The van der Waals surface area contributed by atoms with Gasteiger partial charge < -0.3 is 10.2 Å². The van der Waals surface area contributed by atoms with E-state index in [-0.39, 0.29) is 5.91 Å². The first kappa shape index (κ1) is 15.3. The molecule has 3 rings (SSSR count). The van der Waals surface area contributed by atoms with Crippen LogP contribution < -0.4 is 10.2 Å². The average Bonchev–Trinajstić information content (AvgIpc) is 2.84. The van der Waals surface area contributed by atoms with Crippen LogP contribution in [-0.2, 0) is 0 Å². The molecule has 2 aliphatic rings. The second kappa shape index (κ2) is 7.61. The van der Waals surface area contributed by atoms with Gasteiger partial charge in [0.05, 0.1) is 0 Å². The second-order valence-electron chi connectivity index (χ2n) is 6.59. The van der Waals surface area contributed by atoms with Crippen molar-refractivity contribution in [3.63, 3.8) is 0 Å². The lowest BCUT2D eigenvalue weighted by molar-refractivity contribution is 0.0928. The van der Waals surface area contributed by atoms with E-state index in [1.807, 2.05) is 18.2 Å². The maximum absolute atomic E-state index is 12.5. The Morgan fingerprint density at radius 3 is 2.41 bits per heavy atom. The molecule has 1 aliphatic heterocycles. The van der Waals surface area contributed by atoms with Crippen molar-refractivity contribution in [2.75, 3.05) is 18.0 Å². The van der Waals surface area contributed by atoms with Gasteiger partial charge in [-0.2, -0.15) is 0 Å². The number of hydrogen-bond donors (Lipinski definition) is 1. The van der Waals surface area contributed by atoms with Gasteiger partial charge in [-0.3, -0.25) is 4.79 Å². The van der Waals surface area contributed by atoms with Crippen molar-refractivity contribution in [3.05, 3.63) is 23.9 Å². The molecule has 0 radical (unpaired) electrons. The zero-order valence-electron chi connectivity index (χ0n) is 13.4. The summed E-state index contributed by atoms with van der Waals surface area (Å²) in [5, 5.41) is 3.19. The fraction of sp³-hybridized carbons (Fsp3) is 0.667. The molecule has 0 atom stereocenters. The van der Waals surface area contributed by atoms with Crippen LogP contribution in [0.25, 0.3) is 0 Å². The van der Waals surface area contributed by atoms with E-state index in [2.05, 4.69) is 15.2 Å². The molecular formula is C18H27N3O. The summed E-state index contributed by atoms with van der Waals surface area (Å²) < 4.78 is 0. The molecule has 4 heteroatoms. The molecule has 1 aromatic heterocycles. The number of nitrogens with zero attached hydrogens (tertiary/aromatic N) is 2. The van der Waals surface area contributed by atoms with Crippen LogP contribution in [0.15, 0.2) is 18.2 Å². The molecule has 1 saturated carbocycles. The Morgan fingerprint density at radius 2 is 1.68 bits per heavy atom. The number of anilines is 1. The van der Waals surface area contributed by atoms with Gasteiger partial charge in [-0.05, 0) is 44.2 Å². The molecule has 22 heavy (non-hydrogen) atoms. The monoisotopic (exact) mass is 301 g/mol. The highest BCUT2D eigenvalue weighted by Crippen LogP contribution is 2.19. The van der Waals surface area contributed by atoms with Crippen LogP contribution >= 0.6 is 0 Å². The van der Waals surface area contributed by atoms with E-state index in [0.717, 1.165) is 31.7 Å². The Hall–Kier alpha value is -1.58. The largest absolute Gasteiger partial charge is 0.357 e. The third-order valence-corrected chi connectivity index (χ3v) is 4.84. The summed E-state index contributed by atoms with van der Waals surface area (Å²) in [6, 6.07) is 6.14. The molecule has 4 nitrogen and oxygen atoms in total. The zero-order chi connectivity index (χ0) is 15.2. The molecule has 1 N–H and O–H groups in total. The zero-order valence-corrected chi connectivity index (χ0v) is 13.4. The fourth-order valence-electron chi connectivity index (χ4n) is 3.53. The summed E-state index contributed by atoms with van der Waals surface area (Å²) >= 11 is 0. The lowest BCUT2D eigenvalue weighted by Gasteiger charge is -2.28. The van der Waals surface area contributed by atoms with Crippen LogP contribution in [0.2, 0.25) is 0 Å². The molecule has 0 unspecified atom stereocenters. The topological polar surface area (TPSA) is 45.2 Å². The van der Waals surface area contributed by atoms with Gasteiger partial charge >= 0.3 is 0 Å². The Kier molecular flexibility index (Phi) is 5.30. The second-order valence-corrected chi connectivity index (χ2v) is 6.59. The number of nitrogens with one attached hydrogen (secondary N) is 1. The summed E-state index contributed by atoms with van der Waals surface area (Å²) in [6.45, 7) is 2.11. The van der Waals surface area contributed by atoms with Crippen LogP contribution in [0, 0.1) is 0 Å². The van der Waals surface area contributed by atoms with Gasteiger partial charge in [0, 0.05) is 19.1 Å². The summed E-state index contributed by atoms with van der Waals surface area (Å²) in [6.07, 6.45) is 11.0. The number of piperidine rings is 1. The summed E-state index contributed by atoms with van der Waals surface area (Å²) in [7, 11) is 0. The van der Waals surface area contributed by atoms with Crippen molar-refractivity contribution in [2.24, 2.45) is 0 Å². The van der Waals surface area contributed by atoms with E-state index >= 15 is 0 Å². The van der Waals surface area contributed by atoms with Crippen molar-refractivity contribution < 1.29 is 4.79 Å². The van der Waals surface area contributed by atoms with Crippen molar-refractivity contribution in [1.82, 2.24) is 10.3 Å². The first-order chi connectivity index (χ1) is 10.8. The normalized spacial score (nSPS) is 20.5. The third kappa shape index (κ3) is 3.99. The minimum Gasteiger partial charge on any atom is -0.357 e. The number of carbonyl (C=O) groups excluding carboxylic acids is 1. The maximum Gasteiger partial charge on any atom is 0.270 e. The van der Waals surface area contributed by atoms with Crippen molar-refractivity contribution in [2.45, 2.75) is 63.8 Å². The minimum absolute atomic E-state index is 0.00856. The van der Waals surface area contributed by atoms with Gasteiger partial charge in [0.25, 0.3) is 5.91 Å². The quantitative estimate of drug-likeness (QED) is 0.869. The lowest BCUT2D eigenvalue weighted by Crippen LogP contribution is -2.35. The van der Waals surface area contributed by atoms with Gasteiger partial charge in [0.1, 0.15) is 11.5 Å². The molecule has 0 aromatic carbocycles. The van der Waals surface area contributed by atoms with E-state index in [1.165, 1.54) is 44.9 Å². The number of aromatic nitrogens is 1. The standard InChI is InChI=1S/C18H27N3O/c22-18(19-15-9-4-1-2-5-10-15)16-11-8-12-17(20-16)21-13-6-3-7-14-21/h8,11-12,15H,1-7,9-10,13-14H2,(H,19,22). The molecule has 1 aliphatic carbocycles. The molecule has 2 heterocycles. The van der Waals surface area contributed by atoms with Gasteiger partial charge in [-0.25, -0.2) is 4.98 Å². The Balaban J connectivity index is 1.64. The number of amides is 1. The molecule has 1 aromatic rings. The molecule has 120 valence electrons. The Labute approximate surface area is 133 Å². The van der Waals surface area contributed by atoms with Gasteiger partial charge in [0.2, 0.25) is 0 Å². The fourth-order valence-corrected chi connectivity index (χ4v) is 3.53. The van der Waals surface area contributed by atoms with Crippen LogP contribution in [0.5, 0.6) is 0 Å². The highest BCUT2D eigenvalue weighted by molar-refractivity contribution is 5.92. The number of pyridine rings is 1. The predicted octanol–water partition coefficient (Wildman–Crippen LogP) is 3.52. The molecule has 2 fully saturated rings. The predicted molar refractivity (Wildman–Crippen MR) is 89.3 cm³/mol. The van der Waals surface area contributed by atoms with Crippen LogP contribution in [0.1, 0.15) is 68.3 Å². The number of hydrogen-bond acceptors (Lipinski definition) is 3. The number of rotatable bonds is 3. The SMILES string of the molecule is O=C(NC1CCCCCC1)c1cccc(N2CCCCC2)n1. The minimum atomic E-state index is -0.00856. The first-order valence-corrected chi connectivity index (χ1v) is 8.86. The van der Waals surface area contributed by atoms with E-state index in [9.17, 15) is 4.79 Å². The van der Waals surface area contributed by atoms with E-state index in [0.29, 0.717) is 11.7 Å². The molecule has 1 amide bonds. The van der Waals surface area contributed by atoms with Crippen molar-refractivity contribution in [1.29, 1.82) is 0 Å². The highest BCUT2D eigenvalue weighted by atomic mass is 16.1. The third-order valence-electron chi connectivity index (χ3n) is 4.84. The van der Waals surface area contributed by atoms with E-state index in [4.69, 9.17) is 0 Å². The maximum atomic E-state index is 12.5. The molecule has 0 bridgehead atoms. The lowest BCUT2D eigenvalue weighted by atomic mass is 10.1. The highest BCUT2D eigenvalue weighted by Gasteiger charge is 2.18. The van der Waals surface area contributed by atoms with Gasteiger partial charge in [-0.1, -0.05) is 31.7 Å². The molecular weight excluding hydrogens is 274 g/mol. The summed E-state index contributed by atoms with van der Waals surface area (Å²) in [5.74, 6) is 0.943. The van der Waals surface area contributed by atoms with Gasteiger partial charge in [-0.15, -0.1) is 0 Å². The van der Waals surface area contributed by atoms with Gasteiger partial charge in [0.15, 0.2) is 0 Å². The van der Waals surface area contributed by atoms with E-state index < -0.39 is 0 Å². The van der Waals surface area contributed by atoms with Crippen LogP contribution in [0.4, 0.5) is 5.82 Å². The molecule has 1 saturated heterocycles. The Bertz CT molecular complexity index is 489. The van der Waals surface area contributed by atoms with Crippen molar-refractivity contribution in [3.8, 4) is 0 Å². The smallest absolute Gasteiger partial charge is 0.270 e. The van der Waals surface area contributed by atoms with Crippen LogP contribution in [-0.4, -0.2) is 30.0 Å². The first-order valence-electron chi connectivity index (χ1n) is 8.86. The Morgan fingerprint density at radius 1 is 1.00 bits per heavy atom. The van der Waals surface area contributed by atoms with E-state index in [1.54, 1.807) is 0 Å².